The van der Waals surface area contributed by atoms with E-state index < -0.39 is 0 Å². The van der Waals surface area contributed by atoms with E-state index >= 15 is 0 Å². The van der Waals surface area contributed by atoms with Gasteiger partial charge in [0.2, 0.25) is 9.90 Å². The molecule has 0 aromatic carbocycles. The molecule has 0 saturated heterocycles. The van der Waals surface area contributed by atoms with E-state index in [0.29, 0.717) is 9.90 Å². The van der Waals surface area contributed by atoms with Crippen LogP contribution in [0.1, 0.15) is 197 Å². The first kappa shape index (κ1) is 44.0. The zero-order chi connectivity index (χ0) is 35.0. The van der Waals surface area contributed by atoms with Crippen LogP contribution in [0, 0.1) is 0 Å². The Balaban J connectivity index is 1.43. The SMILES string of the molecule is CCCCCCCCCCCCNc1cc[n+](C(Br)CCCCCCCC(Br)[n+]2ccc(NCCCCCCCCCCCC)cc2)cc1. The first-order valence-corrected chi connectivity index (χ1v) is 22.7. The number of rotatable bonds is 34. The maximum Gasteiger partial charge on any atom is 0.211 e. The molecule has 0 bridgehead atoms. The number of alkyl halides is 2. The molecule has 2 rings (SSSR count). The molecular formula is C43H76Br2N4+2. The van der Waals surface area contributed by atoms with Crippen LogP contribution in [0.25, 0.3) is 0 Å². The molecule has 6 heteroatoms. The van der Waals surface area contributed by atoms with Crippen molar-refractivity contribution in [2.24, 2.45) is 0 Å². The quantitative estimate of drug-likeness (QED) is 0.0419. The summed E-state index contributed by atoms with van der Waals surface area (Å²) in [4.78, 5) is 0.749. The Morgan fingerprint density at radius 2 is 0.673 bits per heavy atom. The maximum atomic E-state index is 3.92. The molecule has 2 heterocycles. The highest BCUT2D eigenvalue weighted by atomic mass is 79.9. The van der Waals surface area contributed by atoms with Crippen molar-refractivity contribution in [3.63, 3.8) is 0 Å². The van der Waals surface area contributed by atoms with E-state index in [1.807, 2.05) is 0 Å². The highest BCUT2D eigenvalue weighted by Crippen LogP contribution is 2.21. The Morgan fingerprint density at radius 1 is 0.408 bits per heavy atom. The number of hydrogen-bond donors (Lipinski definition) is 2. The summed E-state index contributed by atoms with van der Waals surface area (Å²) in [5.41, 5.74) is 2.48. The molecule has 0 amide bonds. The van der Waals surface area contributed by atoms with E-state index in [2.05, 4.69) is 115 Å². The molecule has 0 fully saturated rings. The van der Waals surface area contributed by atoms with Crippen LogP contribution >= 0.6 is 31.9 Å². The number of nitrogens with one attached hydrogen (secondary N) is 2. The van der Waals surface area contributed by atoms with Crippen LogP contribution in [0.15, 0.2) is 49.1 Å². The van der Waals surface area contributed by atoms with Crippen molar-refractivity contribution in [2.45, 2.75) is 197 Å². The van der Waals surface area contributed by atoms with E-state index in [0.717, 1.165) is 13.1 Å². The second kappa shape index (κ2) is 31.6. The van der Waals surface area contributed by atoms with Gasteiger partial charge in [-0.15, -0.1) is 0 Å². The summed E-state index contributed by atoms with van der Waals surface area (Å²) < 4.78 is 4.61. The third-order valence-electron chi connectivity index (χ3n) is 9.96. The molecule has 0 aliphatic heterocycles. The molecule has 0 saturated carbocycles. The van der Waals surface area contributed by atoms with Crippen LogP contribution in [0.5, 0.6) is 0 Å². The number of hydrogen-bond acceptors (Lipinski definition) is 2. The van der Waals surface area contributed by atoms with Crippen molar-refractivity contribution < 1.29 is 9.13 Å². The fourth-order valence-electron chi connectivity index (χ4n) is 6.63. The summed E-state index contributed by atoms with van der Waals surface area (Å²) in [7, 11) is 0. The Kier molecular flexibility index (Phi) is 28.4. The molecule has 49 heavy (non-hydrogen) atoms. The summed E-state index contributed by atoms with van der Waals surface area (Å²) in [6.07, 6.45) is 45.5. The van der Waals surface area contributed by atoms with Gasteiger partial charge in [-0.25, -0.2) is 0 Å². The Labute approximate surface area is 320 Å². The molecule has 280 valence electrons. The molecule has 0 aliphatic carbocycles. The Morgan fingerprint density at radius 3 is 0.980 bits per heavy atom. The molecule has 2 N–H and O–H groups in total. The van der Waals surface area contributed by atoms with Gasteiger partial charge in [0.25, 0.3) is 0 Å². The van der Waals surface area contributed by atoms with E-state index in [-0.39, 0.29) is 0 Å². The Bertz CT molecular complexity index is 905. The molecular weight excluding hydrogens is 732 g/mol. The van der Waals surface area contributed by atoms with Crippen molar-refractivity contribution in [2.75, 3.05) is 23.7 Å². The van der Waals surface area contributed by atoms with Gasteiger partial charge in [0.05, 0.1) is 0 Å². The summed E-state index contributed by atoms with van der Waals surface area (Å²) in [6.45, 7) is 6.74. The van der Waals surface area contributed by atoms with Gasteiger partial charge >= 0.3 is 0 Å². The van der Waals surface area contributed by atoms with Crippen molar-refractivity contribution in [1.82, 2.24) is 0 Å². The monoisotopic (exact) mass is 806 g/mol. The molecule has 0 aliphatic rings. The van der Waals surface area contributed by atoms with Gasteiger partial charge in [-0.3, -0.25) is 0 Å². The lowest BCUT2D eigenvalue weighted by Gasteiger charge is -2.09. The minimum Gasteiger partial charge on any atom is -0.385 e. The minimum absolute atomic E-state index is 0.374. The van der Waals surface area contributed by atoms with Gasteiger partial charge in [0.15, 0.2) is 24.8 Å². The van der Waals surface area contributed by atoms with Crippen molar-refractivity contribution in [3.05, 3.63) is 49.1 Å². The van der Waals surface area contributed by atoms with Gasteiger partial charge in [0.1, 0.15) is 0 Å². The number of halogens is 2. The van der Waals surface area contributed by atoms with Gasteiger partial charge in [-0.05, 0) is 57.5 Å². The maximum absolute atomic E-state index is 3.92. The molecule has 2 aromatic rings. The molecule has 2 unspecified atom stereocenters. The largest absolute Gasteiger partial charge is 0.385 e. The number of aromatic nitrogens is 2. The molecule has 2 aromatic heterocycles. The van der Waals surface area contributed by atoms with Gasteiger partial charge < -0.3 is 10.6 Å². The second-order valence-corrected chi connectivity index (χ2v) is 16.6. The summed E-state index contributed by atoms with van der Waals surface area (Å²) in [5.74, 6) is 0. The summed E-state index contributed by atoms with van der Waals surface area (Å²) in [6, 6.07) is 8.90. The van der Waals surface area contributed by atoms with Crippen LogP contribution in [-0.2, 0) is 0 Å². The number of unbranched alkanes of at least 4 members (excludes halogenated alkanes) is 22. The normalized spacial score (nSPS) is 12.7. The third kappa shape index (κ3) is 23.9. The van der Waals surface area contributed by atoms with Gasteiger partial charge in [-0.1, -0.05) is 149 Å². The molecule has 0 spiro atoms. The molecule has 2 atom stereocenters. The lowest BCUT2D eigenvalue weighted by Crippen LogP contribution is -2.35. The second-order valence-electron chi connectivity index (χ2n) is 14.5. The average molecular weight is 809 g/mol. The highest BCUT2D eigenvalue weighted by molar-refractivity contribution is 9.09. The lowest BCUT2D eigenvalue weighted by molar-refractivity contribution is -0.698. The zero-order valence-corrected chi connectivity index (χ0v) is 35.1. The topological polar surface area (TPSA) is 31.8 Å². The predicted octanol–water partition coefficient (Wildman–Crippen LogP) is 14.1. The fraction of sp³-hybridized carbons (Fsp3) is 0.767. The summed E-state index contributed by atoms with van der Waals surface area (Å²) >= 11 is 7.84. The van der Waals surface area contributed by atoms with E-state index in [1.165, 1.54) is 185 Å². The first-order chi connectivity index (χ1) is 24.1. The smallest absolute Gasteiger partial charge is 0.211 e. The van der Waals surface area contributed by atoms with Crippen molar-refractivity contribution >= 4 is 43.2 Å². The standard InChI is InChI=1S/C43H74Br2N4/c1-3-5-7-9-11-13-15-17-22-26-34-46-40-30-36-48(37-31-40)42(44)28-24-20-19-21-25-29-43(45)49-38-32-41(33-39-49)47-35-27-23-18-16-14-12-10-8-6-4-2/h30-33,36-39,42-43H,3-29,34-35H2,1-2H3/p+2. The highest BCUT2D eigenvalue weighted by Gasteiger charge is 2.15. The van der Waals surface area contributed by atoms with Crippen molar-refractivity contribution in [1.29, 1.82) is 0 Å². The van der Waals surface area contributed by atoms with E-state index in [4.69, 9.17) is 0 Å². The average Bonchev–Trinajstić information content (AvgIpc) is 3.12. The van der Waals surface area contributed by atoms with Crippen LogP contribution in [0.3, 0.4) is 0 Å². The van der Waals surface area contributed by atoms with E-state index in [1.54, 1.807) is 0 Å². The molecule has 0 radical (unpaired) electrons. The minimum atomic E-state index is 0.374. The van der Waals surface area contributed by atoms with Crippen LogP contribution in [-0.4, -0.2) is 13.1 Å². The molecule has 4 nitrogen and oxygen atoms in total. The number of anilines is 2. The predicted molar refractivity (Wildman–Crippen MR) is 222 cm³/mol. The first-order valence-electron chi connectivity index (χ1n) is 20.9. The van der Waals surface area contributed by atoms with Crippen LogP contribution in [0.4, 0.5) is 11.4 Å². The Hall–Kier alpha value is -1.14. The van der Waals surface area contributed by atoms with Crippen LogP contribution in [0.2, 0.25) is 0 Å². The summed E-state index contributed by atoms with van der Waals surface area (Å²) in [5, 5.41) is 7.23. The third-order valence-corrected chi connectivity index (χ3v) is 11.8. The lowest BCUT2D eigenvalue weighted by atomic mass is 10.1. The van der Waals surface area contributed by atoms with E-state index in [9.17, 15) is 0 Å². The number of nitrogens with zero attached hydrogens (tertiary/aromatic N) is 2. The van der Waals surface area contributed by atoms with Gasteiger partial charge in [-0.2, -0.15) is 9.13 Å². The van der Waals surface area contributed by atoms with Gasteiger partial charge in [0, 0.05) is 61.6 Å². The van der Waals surface area contributed by atoms with Crippen LogP contribution < -0.4 is 19.8 Å². The number of pyridine rings is 2. The van der Waals surface area contributed by atoms with Crippen molar-refractivity contribution in [3.8, 4) is 0 Å². The fourth-order valence-corrected chi connectivity index (χ4v) is 7.82. The zero-order valence-electron chi connectivity index (χ0n) is 31.9.